The number of nitrogens with one attached hydrogen (secondary N) is 1. The number of halogens is 1. The lowest BCUT2D eigenvalue weighted by molar-refractivity contribution is 0.614. The molecular formula is C9H12FN. The molecule has 1 rings (SSSR count). The van der Waals surface area contributed by atoms with Crippen LogP contribution in [0, 0.1) is 6.92 Å². The monoisotopic (exact) mass is 153 g/mol. The minimum atomic E-state index is 0.620. The van der Waals surface area contributed by atoms with Gasteiger partial charge in [-0.25, -0.2) is 5.54 Å². The van der Waals surface area contributed by atoms with E-state index in [4.69, 9.17) is 0 Å². The molecule has 2 heteroatoms. The van der Waals surface area contributed by atoms with E-state index in [1.807, 2.05) is 32.0 Å². The van der Waals surface area contributed by atoms with Gasteiger partial charge in [0.15, 0.2) is 0 Å². The number of aryl methyl sites for hydroxylation is 2. The summed E-state index contributed by atoms with van der Waals surface area (Å²) in [6.45, 7) is 3.90. The molecule has 0 aliphatic rings. The number of para-hydroxylation sites is 1. The number of rotatable bonds is 2. The standard InChI is InChI=1S/C9H12FN/c1-3-8-6-4-5-7(2)9(8)11-10/h4-6,11H,3H2,1-2H3. The van der Waals surface area contributed by atoms with Crippen molar-refractivity contribution in [1.82, 2.24) is 0 Å². The highest BCUT2D eigenvalue weighted by atomic mass is 19.2. The molecule has 0 fully saturated rings. The van der Waals surface area contributed by atoms with Crippen LogP contribution in [0.15, 0.2) is 18.2 Å². The Bertz CT molecular complexity index is 245. The summed E-state index contributed by atoms with van der Waals surface area (Å²) in [7, 11) is 0. The molecule has 0 aromatic heterocycles. The second-order valence-corrected chi connectivity index (χ2v) is 2.56. The molecular weight excluding hydrogens is 141 g/mol. The summed E-state index contributed by atoms with van der Waals surface area (Å²) < 4.78 is 12.2. The maximum atomic E-state index is 12.2. The molecule has 0 aliphatic carbocycles. The lowest BCUT2D eigenvalue weighted by Crippen LogP contribution is -1.92. The van der Waals surface area contributed by atoms with Gasteiger partial charge >= 0.3 is 0 Å². The van der Waals surface area contributed by atoms with Crippen molar-refractivity contribution in [2.75, 3.05) is 5.54 Å². The summed E-state index contributed by atoms with van der Waals surface area (Å²) >= 11 is 0. The van der Waals surface area contributed by atoms with Crippen LogP contribution in [-0.2, 0) is 6.42 Å². The van der Waals surface area contributed by atoms with Crippen LogP contribution in [0.1, 0.15) is 18.1 Å². The van der Waals surface area contributed by atoms with Gasteiger partial charge in [-0.2, -0.15) is 0 Å². The Hall–Kier alpha value is -1.05. The molecule has 0 unspecified atom stereocenters. The fourth-order valence-electron chi connectivity index (χ4n) is 1.16. The van der Waals surface area contributed by atoms with Gasteiger partial charge in [0.1, 0.15) is 0 Å². The Kier molecular flexibility index (Phi) is 2.47. The first-order valence-corrected chi connectivity index (χ1v) is 3.74. The van der Waals surface area contributed by atoms with E-state index in [9.17, 15) is 4.48 Å². The van der Waals surface area contributed by atoms with Crippen LogP contribution in [-0.4, -0.2) is 0 Å². The molecule has 0 atom stereocenters. The first kappa shape index (κ1) is 8.05. The number of anilines is 1. The topological polar surface area (TPSA) is 12.0 Å². The van der Waals surface area contributed by atoms with Gasteiger partial charge in [0.05, 0.1) is 5.69 Å². The number of hydrogen-bond acceptors (Lipinski definition) is 1. The highest BCUT2D eigenvalue weighted by molar-refractivity contribution is 5.55. The fourth-order valence-corrected chi connectivity index (χ4v) is 1.16. The number of benzene rings is 1. The molecule has 0 bridgehead atoms. The maximum Gasteiger partial charge on any atom is 0.0716 e. The van der Waals surface area contributed by atoms with Gasteiger partial charge in [-0.3, -0.25) is 0 Å². The second-order valence-electron chi connectivity index (χ2n) is 2.56. The molecule has 11 heavy (non-hydrogen) atoms. The second kappa shape index (κ2) is 3.37. The predicted octanol–water partition coefficient (Wildman–Crippen LogP) is 2.85. The van der Waals surface area contributed by atoms with Gasteiger partial charge < -0.3 is 0 Å². The van der Waals surface area contributed by atoms with Gasteiger partial charge in [-0.1, -0.05) is 25.1 Å². The van der Waals surface area contributed by atoms with Crippen molar-refractivity contribution in [1.29, 1.82) is 0 Å². The van der Waals surface area contributed by atoms with Crippen molar-refractivity contribution >= 4 is 5.69 Å². The first-order chi connectivity index (χ1) is 5.29. The van der Waals surface area contributed by atoms with E-state index in [1.165, 1.54) is 0 Å². The summed E-state index contributed by atoms with van der Waals surface area (Å²) in [5.41, 5.74) is 4.31. The third kappa shape index (κ3) is 1.50. The van der Waals surface area contributed by atoms with Crippen LogP contribution in [0.3, 0.4) is 0 Å². The summed E-state index contributed by atoms with van der Waals surface area (Å²) in [5.74, 6) is 0. The van der Waals surface area contributed by atoms with Gasteiger partial charge in [0.2, 0.25) is 0 Å². The van der Waals surface area contributed by atoms with Crippen LogP contribution in [0.2, 0.25) is 0 Å². The van der Waals surface area contributed by atoms with Crippen molar-refractivity contribution in [3.8, 4) is 0 Å². The Morgan fingerprint density at radius 1 is 1.45 bits per heavy atom. The normalized spacial score (nSPS) is 9.73. The Morgan fingerprint density at radius 2 is 2.18 bits per heavy atom. The largest absolute Gasteiger partial charge is 0.224 e. The lowest BCUT2D eigenvalue weighted by Gasteiger charge is -2.06. The molecule has 0 radical (unpaired) electrons. The average molecular weight is 153 g/mol. The van der Waals surface area contributed by atoms with E-state index < -0.39 is 0 Å². The lowest BCUT2D eigenvalue weighted by atomic mass is 10.1. The van der Waals surface area contributed by atoms with Crippen LogP contribution >= 0.6 is 0 Å². The molecule has 0 heterocycles. The third-order valence-corrected chi connectivity index (χ3v) is 1.83. The van der Waals surface area contributed by atoms with E-state index in [-0.39, 0.29) is 0 Å². The maximum absolute atomic E-state index is 12.2. The summed E-state index contributed by atoms with van der Waals surface area (Å²) in [6.07, 6.45) is 0.855. The molecule has 0 spiro atoms. The van der Waals surface area contributed by atoms with Crippen LogP contribution in [0.5, 0.6) is 0 Å². The molecule has 1 nitrogen and oxygen atoms in total. The van der Waals surface area contributed by atoms with Crippen LogP contribution in [0.4, 0.5) is 10.2 Å². The molecule has 0 saturated carbocycles. The van der Waals surface area contributed by atoms with Crippen molar-refractivity contribution in [2.45, 2.75) is 20.3 Å². The average Bonchev–Trinajstić information content (AvgIpc) is 2.04. The Morgan fingerprint density at radius 3 is 2.64 bits per heavy atom. The first-order valence-electron chi connectivity index (χ1n) is 3.74. The van der Waals surface area contributed by atoms with Gasteiger partial charge in [0.25, 0.3) is 0 Å². The zero-order valence-electron chi connectivity index (χ0n) is 6.82. The Balaban J connectivity index is 3.13. The van der Waals surface area contributed by atoms with Crippen molar-refractivity contribution < 1.29 is 4.48 Å². The minimum Gasteiger partial charge on any atom is -0.224 e. The molecule has 0 aliphatic heterocycles. The smallest absolute Gasteiger partial charge is 0.0716 e. The van der Waals surface area contributed by atoms with Crippen molar-refractivity contribution in [3.63, 3.8) is 0 Å². The van der Waals surface area contributed by atoms with Crippen LogP contribution in [0.25, 0.3) is 0 Å². The molecule has 0 amide bonds. The van der Waals surface area contributed by atoms with E-state index in [0.29, 0.717) is 5.69 Å². The summed E-state index contributed by atoms with van der Waals surface area (Å²) in [5, 5.41) is 0. The molecule has 0 saturated heterocycles. The highest BCUT2D eigenvalue weighted by Crippen LogP contribution is 2.20. The Labute approximate surface area is 66.2 Å². The SMILES string of the molecule is CCc1cccc(C)c1NF. The van der Waals surface area contributed by atoms with E-state index >= 15 is 0 Å². The van der Waals surface area contributed by atoms with E-state index in [1.54, 1.807) is 5.54 Å². The highest BCUT2D eigenvalue weighted by Gasteiger charge is 2.01. The number of hydrogen-bond donors (Lipinski definition) is 1. The van der Waals surface area contributed by atoms with Gasteiger partial charge in [-0.05, 0) is 24.5 Å². The van der Waals surface area contributed by atoms with Gasteiger partial charge in [-0.15, -0.1) is 4.48 Å². The van der Waals surface area contributed by atoms with E-state index in [2.05, 4.69) is 0 Å². The van der Waals surface area contributed by atoms with Crippen molar-refractivity contribution in [3.05, 3.63) is 29.3 Å². The zero-order chi connectivity index (χ0) is 8.27. The minimum absolute atomic E-state index is 0.620. The van der Waals surface area contributed by atoms with E-state index in [0.717, 1.165) is 17.5 Å². The predicted molar refractivity (Wildman–Crippen MR) is 45.3 cm³/mol. The zero-order valence-corrected chi connectivity index (χ0v) is 6.82. The van der Waals surface area contributed by atoms with Crippen LogP contribution < -0.4 is 5.54 Å². The summed E-state index contributed by atoms with van der Waals surface area (Å²) in [4.78, 5) is 0. The third-order valence-electron chi connectivity index (χ3n) is 1.83. The molecule has 1 aromatic carbocycles. The van der Waals surface area contributed by atoms with Crippen molar-refractivity contribution in [2.24, 2.45) is 0 Å². The quantitative estimate of drug-likeness (QED) is 0.644. The molecule has 1 aromatic rings. The van der Waals surface area contributed by atoms with Gasteiger partial charge in [0, 0.05) is 0 Å². The fraction of sp³-hybridized carbons (Fsp3) is 0.333. The molecule has 60 valence electrons. The molecule has 1 N–H and O–H groups in total. The summed E-state index contributed by atoms with van der Waals surface area (Å²) in [6, 6.07) is 5.75.